The molecule has 114 valence electrons. The standard InChI is InChI=1S/C13H24BrN5O/c1-18(2)5-6-19-13(11(14)9-16-19)12(17-15)8-10-4-3-7-20-10/h9-10,12,17H,3-8,15H2,1-2H3. The molecule has 1 aliphatic heterocycles. The lowest BCUT2D eigenvalue weighted by Crippen LogP contribution is -2.33. The number of nitrogens with two attached hydrogens (primary N) is 1. The highest BCUT2D eigenvalue weighted by Crippen LogP contribution is 2.29. The van der Waals surface area contributed by atoms with E-state index in [0.717, 1.165) is 49.1 Å². The zero-order chi connectivity index (χ0) is 14.5. The van der Waals surface area contributed by atoms with Crippen LogP contribution >= 0.6 is 15.9 Å². The van der Waals surface area contributed by atoms with Gasteiger partial charge in [0.15, 0.2) is 0 Å². The predicted octanol–water partition coefficient (Wildman–Crippen LogP) is 1.28. The third kappa shape index (κ3) is 4.02. The van der Waals surface area contributed by atoms with Crippen molar-refractivity contribution in [2.24, 2.45) is 5.84 Å². The van der Waals surface area contributed by atoms with Crippen molar-refractivity contribution >= 4 is 15.9 Å². The summed E-state index contributed by atoms with van der Waals surface area (Å²) in [7, 11) is 4.12. The normalized spacial score (nSPS) is 20.8. The fourth-order valence-corrected chi connectivity index (χ4v) is 3.12. The number of hydrogen-bond acceptors (Lipinski definition) is 5. The van der Waals surface area contributed by atoms with E-state index in [1.54, 1.807) is 0 Å². The quantitative estimate of drug-likeness (QED) is 0.575. The molecule has 20 heavy (non-hydrogen) atoms. The Labute approximate surface area is 128 Å². The summed E-state index contributed by atoms with van der Waals surface area (Å²) < 4.78 is 8.73. The maximum atomic E-state index is 5.76. The average molecular weight is 346 g/mol. The van der Waals surface area contributed by atoms with Gasteiger partial charge in [-0.1, -0.05) is 0 Å². The first kappa shape index (κ1) is 15.9. The van der Waals surface area contributed by atoms with E-state index in [9.17, 15) is 0 Å². The molecule has 0 aliphatic carbocycles. The Hall–Kier alpha value is -0.470. The van der Waals surface area contributed by atoms with Crippen LogP contribution in [0.15, 0.2) is 10.7 Å². The van der Waals surface area contributed by atoms with Crippen molar-refractivity contribution in [3.05, 3.63) is 16.4 Å². The van der Waals surface area contributed by atoms with Gasteiger partial charge < -0.3 is 9.64 Å². The zero-order valence-corrected chi connectivity index (χ0v) is 13.8. The van der Waals surface area contributed by atoms with Crippen LogP contribution in [0.2, 0.25) is 0 Å². The maximum Gasteiger partial charge on any atom is 0.0710 e. The zero-order valence-electron chi connectivity index (χ0n) is 12.2. The average Bonchev–Trinajstić information content (AvgIpc) is 3.03. The molecule has 1 aromatic heterocycles. The van der Waals surface area contributed by atoms with Crippen LogP contribution in [0, 0.1) is 0 Å². The van der Waals surface area contributed by atoms with Crippen LogP contribution < -0.4 is 11.3 Å². The van der Waals surface area contributed by atoms with Gasteiger partial charge in [0.05, 0.1) is 35.1 Å². The molecule has 0 radical (unpaired) electrons. The highest BCUT2D eigenvalue weighted by Gasteiger charge is 2.25. The van der Waals surface area contributed by atoms with Crippen LogP contribution in [0.25, 0.3) is 0 Å². The van der Waals surface area contributed by atoms with E-state index in [1.807, 2.05) is 10.9 Å². The number of aromatic nitrogens is 2. The molecule has 0 aromatic carbocycles. The van der Waals surface area contributed by atoms with Gasteiger partial charge in [-0.05, 0) is 49.3 Å². The van der Waals surface area contributed by atoms with E-state index in [1.165, 1.54) is 0 Å². The minimum Gasteiger partial charge on any atom is -0.378 e. The molecule has 0 saturated carbocycles. The van der Waals surface area contributed by atoms with Crippen molar-refractivity contribution in [1.82, 2.24) is 20.1 Å². The van der Waals surface area contributed by atoms with Gasteiger partial charge >= 0.3 is 0 Å². The number of nitrogens with zero attached hydrogens (tertiary/aromatic N) is 3. The van der Waals surface area contributed by atoms with Crippen LogP contribution in [0.1, 0.15) is 31.0 Å². The summed E-state index contributed by atoms with van der Waals surface area (Å²) in [5.74, 6) is 5.76. The molecule has 1 saturated heterocycles. The fourth-order valence-electron chi connectivity index (χ4n) is 2.54. The van der Waals surface area contributed by atoms with Crippen molar-refractivity contribution in [1.29, 1.82) is 0 Å². The monoisotopic (exact) mass is 345 g/mol. The summed E-state index contributed by atoms with van der Waals surface area (Å²) >= 11 is 3.58. The van der Waals surface area contributed by atoms with Crippen LogP contribution in [0.4, 0.5) is 0 Å². The smallest absolute Gasteiger partial charge is 0.0710 e. The van der Waals surface area contributed by atoms with Gasteiger partial charge in [0.2, 0.25) is 0 Å². The molecule has 6 nitrogen and oxygen atoms in total. The number of ether oxygens (including phenoxy) is 1. The SMILES string of the molecule is CN(C)CCn1ncc(Br)c1C(CC1CCCO1)NN. The topological polar surface area (TPSA) is 68.3 Å². The number of nitrogens with one attached hydrogen (secondary N) is 1. The summed E-state index contributed by atoms with van der Waals surface area (Å²) in [6.45, 7) is 2.65. The first-order valence-corrected chi connectivity index (χ1v) is 7.84. The first-order chi connectivity index (χ1) is 9.61. The summed E-state index contributed by atoms with van der Waals surface area (Å²) in [5.41, 5.74) is 4.02. The Kier molecular flexibility index (Phi) is 5.98. The number of hydrogen-bond donors (Lipinski definition) is 2. The van der Waals surface area contributed by atoms with E-state index in [2.05, 4.69) is 45.4 Å². The number of likely N-dealkylation sites (N-methyl/N-ethyl adjacent to an activating group) is 1. The highest BCUT2D eigenvalue weighted by atomic mass is 79.9. The Morgan fingerprint density at radius 1 is 1.65 bits per heavy atom. The van der Waals surface area contributed by atoms with Crippen LogP contribution in [-0.2, 0) is 11.3 Å². The van der Waals surface area contributed by atoms with Crippen molar-refractivity contribution < 1.29 is 4.74 Å². The van der Waals surface area contributed by atoms with Gasteiger partial charge in [-0.25, -0.2) is 0 Å². The van der Waals surface area contributed by atoms with Crippen molar-refractivity contribution in [3.63, 3.8) is 0 Å². The molecular formula is C13H24BrN5O. The number of rotatable bonds is 7. The lowest BCUT2D eigenvalue weighted by atomic mass is 10.0. The van der Waals surface area contributed by atoms with Crippen molar-refractivity contribution in [3.8, 4) is 0 Å². The summed E-state index contributed by atoms with van der Waals surface area (Å²) in [4.78, 5) is 2.14. The summed E-state index contributed by atoms with van der Waals surface area (Å²) in [6.07, 6.45) is 5.26. The molecule has 0 bridgehead atoms. The van der Waals surface area contributed by atoms with Crippen LogP contribution in [0.3, 0.4) is 0 Å². The Bertz CT molecular complexity index is 417. The lowest BCUT2D eigenvalue weighted by molar-refractivity contribution is 0.0934. The van der Waals surface area contributed by atoms with Crippen molar-refractivity contribution in [2.75, 3.05) is 27.2 Å². The van der Waals surface area contributed by atoms with Crippen LogP contribution in [0.5, 0.6) is 0 Å². The molecular weight excluding hydrogens is 322 g/mol. The number of halogens is 1. The molecule has 0 spiro atoms. The molecule has 0 amide bonds. The second kappa shape index (κ2) is 7.51. The second-order valence-corrected chi connectivity index (χ2v) is 6.35. The molecule has 1 aliphatic rings. The molecule has 2 unspecified atom stereocenters. The highest BCUT2D eigenvalue weighted by molar-refractivity contribution is 9.10. The molecule has 2 atom stereocenters. The van der Waals surface area contributed by atoms with Crippen molar-refractivity contribution in [2.45, 2.75) is 38.0 Å². The Morgan fingerprint density at radius 3 is 3.05 bits per heavy atom. The van der Waals surface area contributed by atoms with Gasteiger partial charge in [-0.15, -0.1) is 0 Å². The third-order valence-electron chi connectivity index (χ3n) is 3.65. The molecule has 2 heterocycles. The number of hydrazine groups is 1. The predicted molar refractivity (Wildman–Crippen MR) is 82.1 cm³/mol. The Morgan fingerprint density at radius 2 is 2.45 bits per heavy atom. The second-order valence-electron chi connectivity index (χ2n) is 5.49. The molecule has 1 aromatic rings. The van der Waals surface area contributed by atoms with E-state index in [0.29, 0.717) is 6.10 Å². The van der Waals surface area contributed by atoms with E-state index >= 15 is 0 Å². The first-order valence-electron chi connectivity index (χ1n) is 7.05. The lowest BCUT2D eigenvalue weighted by Gasteiger charge is -2.22. The summed E-state index contributed by atoms with van der Waals surface area (Å²) in [5, 5.41) is 4.44. The molecule has 7 heteroatoms. The van der Waals surface area contributed by atoms with Gasteiger partial charge in [-0.3, -0.25) is 16.0 Å². The minimum atomic E-state index is 0.0529. The van der Waals surface area contributed by atoms with E-state index in [4.69, 9.17) is 10.6 Å². The molecule has 3 N–H and O–H groups in total. The van der Waals surface area contributed by atoms with E-state index in [-0.39, 0.29) is 6.04 Å². The van der Waals surface area contributed by atoms with Gasteiger partial charge in [-0.2, -0.15) is 5.10 Å². The molecule has 1 fully saturated rings. The molecule has 2 rings (SSSR count). The fraction of sp³-hybridized carbons (Fsp3) is 0.769. The summed E-state index contributed by atoms with van der Waals surface area (Å²) in [6, 6.07) is 0.0529. The van der Waals surface area contributed by atoms with Crippen LogP contribution in [-0.4, -0.2) is 48.0 Å². The third-order valence-corrected chi connectivity index (χ3v) is 4.26. The maximum absolute atomic E-state index is 5.76. The Balaban J connectivity index is 2.08. The van der Waals surface area contributed by atoms with Gasteiger partial charge in [0.25, 0.3) is 0 Å². The van der Waals surface area contributed by atoms with E-state index < -0.39 is 0 Å². The minimum absolute atomic E-state index is 0.0529. The van der Waals surface area contributed by atoms with Gasteiger partial charge in [0.1, 0.15) is 0 Å². The van der Waals surface area contributed by atoms with Gasteiger partial charge in [0, 0.05) is 13.2 Å². The largest absolute Gasteiger partial charge is 0.378 e.